The predicted molar refractivity (Wildman–Crippen MR) is 150 cm³/mol. The van der Waals surface area contributed by atoms with Crippen molar-refractivity contribution in [1.82, 2.24) is 34.7 Å². The number of aromatic nitrogens is 5. The van der Waals surface area contributed by atoms with Crippen LogP contribution >= 0.6 is 11.6 Å². The number of rotatable bonds is 5. The molecule has 3 N–H and O–H groups in total. The first-order valence-corrected chi connectivity index (χ1v) is 13.8. The number of anilines is 2. The van der Waals surface area contributed by atoms with Gasteiger partial charge in [0.15, 0.2) is 5.82 Å². The molecule has 4 aromatic rings. The Kier molecular flexibility index (Phi) is 5.98. The molecule has 6 heterocycles. The zero-order chi connectivity index (χ0) is 26.8. The van der Waals surface area contributed by atoms with Crippen molar-refractivity contribution in [2.45, 2.75) is 43.8 Å². The highest BCUT2D eigenvalue weighted by Crippen LogP contribution is 2.41. The van der Waals surface area contributed by atoms with Crippen molar-refractivity contribution in [3.8, 4) is 17.1 Å². The molecule has 0 saturated carbocycles. The van der Waals surface area contributed by atoms with E-state index in [1.165, 1.54) is 0 Å². The number of nitrogens with zero attached hydrogens (tertiary/aromatic N) is 7. The van der Waals surface area contributed by atoms with E-state index in [9.17, 15) is 0 Å². The summed E-state index contributed by atoms with van der Waals surface area (Å²) in [5.74, 6) is 0.231. The second-order valence-electron chi connectivity index (χ2n) is 11.0. The number of nitrogen functional groups attached to an aromatic ring is 1. The first-order valence-electron chi connectivity index (χ1n) is 13.5. The van der Waals surface area contributed by atoms with Crippen LogP contribution in [0, 0.1) is 5.82 Å². The van der Waals surface area contributed by atoms with E-state index in [1.54, 1.807) is 18.5 Å². The molecule has 0 radical (unpaired) electrons. The summed E-state index contributed by atoms with van der Waals surface area (Å²) < 4.78 is 24.6. The third kappa shape index (κ3) is 4.23. The fourth-order valence-electron chi connectivity index (χ4n) is 6.40. The van der Waals surface area contributed by atoms with Crippen LogP contribution in [0.1, 0.15) is 25.7 Å². The van der Waals surface area contributed by atoms with Crippen LogP contribution in [0.3, 0.4) is 0 Å². The molecule has 2 unspecified atom stereocenters. The third-order valence-corrected chi connectivity index (χ3v) is 8.75. The molecule has 204 valence electrons. The maximum atomic E-state index is 16.6. The molecule has 3 atom stereocenters. The van der Waals surface area contributed by atoms with E-state index >= 15 is 4.39 Å². The maximum Gasteiger partial charge on any atom is 0.319 e. The number of benzene rings is 1. The van der Waals surface area contributed by atoms with Crippen molar-refractivity contribution in [2.24, 2.45) is 7.05 Å². The molecular formula is C27H31ClFN9O. The number of nitrogens with two attached hydrogens (primary N) is 1. The average Bonchev–Trinajstić information content (AvgIpc) is 3.58. The van der Waals surface area contributed by atoms with Crippen LogP contribution in [0.4, 0.5) is 16.2 Å². The lowest BCUT2D eigenvalue weighted by Crippen LogP contribution is -2.51. The molecule has 0 aliphatic carbocycles. The first kappa shape index (κ1) is 24.7. The van der Waals surface area contributed by atoms with Gasteiger partial charge in [0.25, 0.3) is 0 Å². The van der Waals surface area contributed by atoms with Crippen LogP contribution in [0.2, 0.25) is 5.02 Å². The summed E-state index contributed by atoms with van der Waals surface area (Å²) >= 11 is 6.83. The van der Waals surface area contributed by atoms with Crippen LogP contribution < -0.4 is 20.7 Å². The standard InChI is InChI=1S/C27H31ClFN9O/c1-36-7-3-4-16(36)13-39-27-34-24-17(25(35-27)38-10-14-5-6-15(11-38)32-14)8-19(28)21(22(24)29)18-12-37(2)20-9-31-26(30)33-23(18)20/h8-9,12,14-16,32H,3-7,10-11,13H2,1-2H3,(H2,30,31,33)/t14?,15?,16-/m0/s1. The van der Waals surface area contributed by atoms with E-state index in [-0.39, 0.29) is 34.1 Å². The number of hydrogen-bond donors (Lipinski definition) is 2. The number of ether oxygens (including phenoxy) is 1. The van der Waals surface area contributed by atoms with Crippen LogP contribution in [0.15, 0.2) is 18.5 Å². The zero-order valence-corrected chi connectivity index (χ0v) is 22.7. The summed E-state index contributed by atoms with van der Waals surface area (Å²) in [6.45, 7) is 3.06. The first-order chi connectivity index (χ1) is 18.9. The molecule has 1 aromatic carbocycles. The fraction of sp³-hybridized carbons (Fsp3) is 0.481. The van der Waals surface area contributed by atoms with E-state index in [1.807, 2.05) is 11.6 Å². The molecule has 39 heavy (non-hydrogen) atoms. The van der Waals surface area contributed by atoms with Crippen LogP contribution in [0.25, 0.3) is 33.1 Å². The molecule has 3 fully saturated rings. The van der Waals surface area contributed by atoms with Gasteiger partial charge < -0.3 is 30.2 Å². The average molecular weight is 552 g/mol. The minimum absolute atomic E-state index is 0.109. The Balaban J connectivity index is 1.38. The summed E-state index contributed by atoms with van der Waals surface area (Å²) in [4.78, 5) is 22.4. The van der Waals surface area contributed by atoms with E-state index in [0.717, 1.165) is 50.8 Å². The lowest BCUT2D eigenvalue weighted by molar-refractivity contribution is 0.188. The molecule has 7 rings (SSSR count). The lowest BCUT2D eigenvalue weighted by atomic mass is 10.0. The minimum atomic E-state index is -0.535. The summed E-state index contributed by atoms with van der Waals surface area (Å²) in [5, 5.41) is 4.48. The second-order valence-corrected chi connectivity index (χ2v) is 11.4. The number of hydrogen-bond acceptors (Lipinski definition) is 9. The van der Waals surface area contributed by atoms with Gasteiger partial charge in [-0.05, 0) is 45.3 Å². The number of halogens is 2. The number of piperazine rings is 1. The van der Waals surface area contributed by atoms with Crippen LogP contribution in [0.5, 0.6) is 6.01 Å². The van der Waals surface area contributed by atoms with Crippen LogP contribution in [-0.4, -0.2) is 80.8 Å². The summed E-state index contributed by atoms with van der Waals surface area (Å²) in [5.41, 5.74) is 8.06. The smallest absolute Gasteiger partial charge is 0.319 e. The SMILES string of the molecule is CN1CCC[C@H]1COc1nc(N2CC3CCC(C2)N3)c2cc(Cl)c(-c3cn(C)c4cnc(N)nc34)c(F)c2n1. The number of fused-ring (bicyclic) bond motifs is 4. The molecule has 3 aromatic heterocycles. The van der Waals surface area contributed by atoms with Gasteiger partial charge in [-0.25, -0.2) is 14.4 Å². The Morgan fingerprint density at radius 2 is 1.92 bits per heavy atom. The summed E-state index contributed by atoms with van der Waals surface area (Å²) in [6, 6.07) is 3.00. The second kappa shape index (κ2) is 9.42. The molecule has 2 bridgehead atoms. The molecule has 0 amide bonds. The topological polar surface area (TPSA) is 110 Å². The number of nitrogens with one attached hydrogen (secondary N) is 1. The fourth-order valence-corrected chi connectivity index (χ4v) is 6.69. The highest BCUT2D eigenvalue weighted by molar-refractivity contribution is 6.35. The van der Waals surface area contributed by atoms with Crippen molar-refractivity contribution >= 4 is 45.3 Å². The molecule has 3 saturated heterocycles. The predicted octanol–water partition coefficient (Wildman–Crippen LogP) is 3.37. The van der Waals surface area contributed by atoms with Gasteiger partial charge >= 0.3 is 6.01 Å². The van der Waals surface area contributed by atoms with Gasteiger partial charge in [-0.15, -0.1) is 0 Å². The summed E-state index contributed by atoms with van der Waals surface area (Å²) in [7, 11) is 3.95. The highest BCUT2D eigenvalue weighted by Gasteiger charge is 2.34. The van der Waals surface area contributed by atoms with Gasteiger partial charge in [0.05, 0.1) is 16.7 Å². The molecular weight excluding hydrogens is 521 g/mol. The Bertz CT molecular complexity index is 1580. The Labute approximate surface area is 230 Å². The largest absolute Gasteiger partial charge is 0.462 e. The normalized spacial score (nSPS) is 23.4. The zero-order valence-electron chi connectivity index (χ0n) is 22.0. The third-order valence-electron chi connectivity index (χ3n) is 8.45. The van der Waals surface area contributed by atoms with E-state index in [2.05, 4.69) is 37.1 Å². The highest BCUT2D eigenvalue weighted by atomic mass is 35.5. The Hall–Kier alpha value is -3.28. The van der Waals surface area contributed by atoms with E-state index in [4.69, 9.17) is 27.1 Å². The number of likely N-dealkylation sites (N-methyl/N-ethyl adjacent to an activating group) is 1. The quantitative estimate of drug-likeness (QED) is 0.386. The van der Waals surface area contributed by atoms with Crippen LogP contribution in [-0.2, 0) is 7.05 Å². The number of aryl methyl sites for hydroxylation is 1. The van der Waals surface area contributed by atoms with Gasteiger partial charge in [0.1, 0.15) is 23.5 Å². The van der Waals surface area contributed by atoms with Crippen molar-refractivity contribution in [1.29, 1.82) is 0 Å². The molecule has 10 nitrogen and oxygen atoms in total. The van der Waals surface area contributed by atoms with Crippen molar-refractivity contribution in [2.75, 3.05) is 43.9 Å². The van der Waals surface area contributed by atoms with Gasteiger partial charge in [0.2, 0.25) is 5.95 Å². The molecule has 3 aliphatic rings. The number of likely N-dealkylation sites (tertiary alicyclic amines) is 1. The molecule has 0 spiro atoms. The summed E-state index contributed by atoms with van der Waals surface area (Å²) in [6.07, 6.45) is 7.84. The van der Waals surface area contributed by atoms with Crippen molar-refractivity contribution < 1.29 is 9.13 Å². The van der Waals surface area contributed by atoms with Crippen molar-refractivity contribution in [3.05, 3.63) is 29.3 Å². The molecule has 12 heteroatoms. The van der Waals surface area contributed by atoms with Gasteiger partial charge in [-0.1, -0.05) is 11.6 Å². The van der Waals surface area contributed by atoms with E-state index < -0.39 is 5.82 Å². The maximum absolute atomic E-state index is 16.6. The lowest BCUT2D eigenvalue weighted by Gasteiger charge is -2.34. The van der Waals surface area contributed by atoms with Gasteiger partial charge in [-0.2, -0.15) is 9.97 Å². The minimum Gasteiger partial charge on any atom is -0.462 e. The monoisotopic (exact) mass is 551 g/mol. The van der Waals surface area contributed by atoms with Gasteiger partial charge in [0, 0.05) is 61.0 Å². The van der Waals surface area contributed by atoms with Gasteiger partial charge in [-0.3, -0.25) is 0 Å². The van der Waals surface area contributed by atoms with E-state index in [0.29, 0.717) is 41.0 Å². The Morgan fingerprint density at radius 1 is 1.13 bits per heavy atom. The van der Waals surface area contributed by atoms with Crippen molar-refractivity contribution in [3.63, 3.8) is 0 Å². The molecule has 3 aliphatic heterocycles. The Morgan fingerprint density at radius 3 is 2.67 bits per heavy atom.